The minimum absolute atomic E-state index is 0.0998. The summed E-state index contributed by atoms with van der Waals surface area (Å²) in [5.41, 5.74) is 0. The third-order valence-corrected chi connectivity index (χ3v) is 10.4. The number of carbonyl (C=O) groups is 2. The first-order valence-electron chi connectivity index (χ1n) is 22.1. The van der Waals surface area contributed by atoms with Crippen LogP contribution in [0.25, 0.3) is 0 Å². The predicted octanol–water partition coefficient (Wildman–Crippen LogP) is 10.2. The number of ether oxygens (including phenoxy) is 2. The van der Waals surface area contributed by atoms with E-state index in [4.69, 9.17) is 23.8 Å². The number of aliphatic hydroxyl groups is 2. The lowest BCUT2D eigenvalue weighted by Crippen LogP contribution is -2.30. The van der Waals surface area contributed by atoms with Crippen molar-refractivity contribution < 1.29 is 66.7 Å². The molecule has 0 spiro atoms. The zero-order valence-electron chi connectivity index (χ0n) is 36.4. The molecular weight excluding hydrogens is 814 g/mol. The van der Waals surface area contributed by atoms with Crippen molar-refractivity contribution in [2.24, 2.45) is 0 Å². The second-order valence-electron chi connectivity index (χ2n) is 14.8. The second-order valence-corrected chi connectivity index (χ2v) is 17.5. The van der Waals surface area contributed by atoms with Gasteiger partial charge < -0.3 is 34.4 Å². The van der Waals surface area contributed by atoms with Crippen molar-refractivity contribution in [2.75, 3.05) is 26.4 Å². The van der Waals surface area contributed by atoms with Crippen LogP contribution in [0.15, 0.2) is 60.8 Å². The molecule has 0 fully saturated rings. The molecule has 348 valence electrons. The smallest absolute Gasteiger partial charge is 0.462 e. The number of phosphoric ester groups is 2. The number of rotatable bonds is 41. The van der Waals surface area contributed by atoms with Crippen LogP contribution in [0.2, 0.25) is 0 Å². The van der Waals surface area contributed by atoms with E-state index >= 15 is 0 Å². The molecule has 5 N–H and O–H groups in total. The molecule has 2 unspecified atom stereocenters. The van der Waals surface area contributed by atoms with Crippen molar-refractivity contribution >= 4 is 27.6 Å². The molecule has 0 aromatic carbocycles. The van der Waals surface area contributed by atoms with Crippen LogP contribution in [0, 0.1) is 0 Å². The molecule has 0 saturated heterocycles. The summed E-state index contributed by atoms with van der Waals surface area (Å²) in [6.45, 7) is 1.48. The highest BCUT2D eigenvalue weighted by Crippen LogP contribution is 2.43. The molecule has 14 nitrogen and oxygen atoms in total. The van der Waals surface area contributed by atoms with Gasteiger partial charge in [-0.2, -0.15) is 0 Å². The molecule has 0 amide bonds. The molecular formula is C44H78O14P2. The van der Waals surface area contributed by atoms with Gasteiger partial charge in [0.1, 0.15) is 12.7 Å². The summed E-state index contributed by atoms with van der Waals surface area (Å²) in [4.78, 5) is 52.7. The average Bonchev–Trinajstić information content (AvgIpc) is 3.20. The summed E-state index contributed by atoms with van der Waals surface area (Å²) in [5, 5.41) is 19.9. The summed E-state index contributed by atoms with van der Waals surface area (Å²) >= 11 is 0. The maximum Gasteiger partial charge on any atom is 0.472 e. The maximum absolute atomic E-state index is 12.7. The van der Waals surface area contributed by atoms with Gasteiger partial charge in [0.25, 0.3) is 0 Å². The largest absolute Gasteiger partial charge is 0.472 e. The van der Waals surface area contributed by atoms with E-state index in [1.807, 2.05) is 18.2 Å². The summed E-state index contributed by atoms with van der Waals surface area (Å²) in [7, 11) is -9.71. The topological polar surface area (TPSA) is 216 Å². The Morgan fingerprint density at radius 2 is 1.10 bits per heavy atom. The van der Waals surface area contributed by atoms with Crippen LogP contribution in [-0.4, -0.2) is 81.6 Å². The average molecular weight is 893 g/mol. The first kappa shape index (κ1) is 57.8. The molecule has 16 heteroatoms. The fourth-order valence-corrected chi connectivity index (χ4v) is 6.78. The monoisotopic (exact) mass is 892 g/mol. The molecule has 0 aromatic rings. The SMILES string of the molecule is CC/C=C/C/C=C/C=C/C(O)CCCCCCCC(=O)OC[C@H](COP(=O)(O)OC[C@@H](O)COP(=O)(O)O)OC(=O)CCCCCCCCC/C=C\C/C=C\CCCCC. The third-order valence-electron chi connectivity index (χ3n) is 8.98. The van der Waals surface area contributed by atoms with Crippen molar-refractivity contribution in [3.63, 3.8) is 0 Å². The van der Waals surface area contributed by atoms with Crippen LogP contribution in [0.4, 0.5) is 0 Å². The Hall–Kier alpha value is -2.22. The van der Waals surface area contributed by atoms with E-state index in [0.717, 1.165) is 96.3 Å². The standard InChI is InChI=1S/C44H78O14P2/c1-3-5-7-9-11-12-13-14-15-16-17-18-19-20-22-26-31-35-44(48)58-42(39-57-60(52,53)56-37-41(46)36-55-59(49,50)51)38-54-43(47)34-30-27-23-25-29-33-40(45)32-28-24-21-10-8-6-4-2/h6,8,11-12,14-15,21,24,28,32,40-42,45-46H,3-5,7,9-10,13,16-20,22-23,25-27,29-31,33-39H2,1-2H3,(H,52,53)(H2,49,50,51)/b8-6+,12-11-,15-14-,24-21+,32-28+/t40?,41-,42+/m0/s1. The summed E-state index contributed by atoms with van der Waals surface area (Å²) in [6, 6.07) is 0. The summed E-state index contributed by atoms with van der Waals surface area (Å²) in [5.74, 6) is -1.12. The lowest BCUT2D eigenvalue weighted by atomic mass is 10.1. The van der Waals surface area contributed by atoms with Gasteiger partial charge in [-0.1, -0.05) is 145 Å². The van der Waals surface area contributed by atoms with Crippen LogP contribution >= 0.6 is 15.6 Å². The van der Waals surface area contributed by atoms with Crippen LogP contribution < -0.4 is 0 Å². The fraction of sp³-hybridized carbons (Fsp3) is 0.727. The predicted molar refractivity (Wildman–Crippen MR) is 236 cm³/mol. The second kappa shape index (κ2) is 39.6. The number of allylic oxidation sites excluding steroid dienone is 9. The fourth-order valence-electron chi connectivity index (χ4n) is 5.62. The molecule has 0 aliphatic rings. The minimum atomic E-state index is -4.88. The molecule has 0 rings (SSSR count). The zero-order valence-corrected chi connectivity index (χ0v) is 38.2. The van der Waals surface area contributed by atoms with Gasteiger partial charge >= 0.3 is 27.6 Å². The van der Waals surface area contributed by atoms with Gasteiger partial charge in [0.05, 0.1) is 25.9 Å². The zero-order chi connectivity index (χ0) is 44.6. The minimum Gasteiger partial charge on any atom is -0.462 e. The van der Waals surface area contributed by atoms with Gasteiger partial charge in [-0.05, 0) is 64.2 Å². The van der Waals surface area contributed by atoms with Gasteiger partial charge in [-0.3, -0.25) is 23.2 Å². The van der Waals surface area contributed by atoms with E-state index in [1.165, 1.54) is 19.3 Å². The van der Waals surface area contributed by atoms with Crippen molar-refractivity contribution in [2.45, 2.75) is 180 Å². The Balaban J connectivity index is 4.61. The molecule has 4 atom stereocenters. The van der Waals surface area contributed by atoms with Gasteiger partial charge in [0, 0.05) is 12.8 Å². The number of unbranched alkanes of at least 4 members (excludes halogenated alkanes) is 14. The van der Waals surface area contributed by atoms with E-state index in [1.54, 1.807) is 6.08 Å². The number of carbonyl (C=O) groups excluding carboxylic acids is 2. The van der Waals surface area contributed by atoms with Gasteiger partial charge in [0.2, 0.25) is 0 Å². The van der Waals surface area contributed by atoms with Crippen molar-refractivity contribution in [1.29, 1.82) is 0 Å². The Kier molecular flexibility index (Phi) is 38.1. The van der Waals surface area contributed by atoms with Crippen LogP contribution in [-0.2, 0) is 41.8 Å². The molecule has 0 aliphatic carbocycles. The highest BCUT2D eigenvalue weighted by Gasteiger charge is 2.28. The Morgan fingerprint density at radius 3 is 1.73 bits per heavy atom. The number of aliphatic hydroxyl groups excluding tert-OH is 2. The third kappa shape index (κ3) is 42.5. The lowest BCUT2D eigenvalue weighted by Gasteiger charge is -2.20. The van der Waals surface area contributed by atoms with Gasteiger partial charge in [-0.25, -0.2) is 9.13 Å². The Bertz CT molecular complexity index is 1310. The van der Waals surface area contributed by atoms with Crippen LogP contribution in [0.3, 0.4) is 0 Å². The van der Waals surface area contributed by atoms with Crippen LogP contribution in [0.5, 0.6) is 0 Å². The highest BCUT2D eigenvalue weighted by molar-refractivity contribution is 7.47. The number of hydrogen-bond acceptors (Lipinski definition) is 11. The van der Waals surface area contributed by atoms with Crippen LogP contribution in [0.1, 0.15) is 162 Å². The first-order valence-corrected chi connectivity index (χ1v) is 25.1. The summed E-state index contributed by atoms with van der Waals surface area (Å²) < 4.78 is 47.7. The van der Waals surface area contributed by atoms with Gasteiger partial charge in [0.15, 0.2) is 6.10 Å². The quantitative estimate of drug-likeness (QED) is 0.0127. The van der Waals surface area contributed by atoms with E-state index in [-0.39, 0.29) is 12.8 Å². The van der Waals surface area contributed by atoms with Crippen molar-refractivity contribution in [3.8, 4) is 0 Å². The van der Waals surface area contributed by atoms with E-state index in [9.17, 15) is 33.8 Å². The van der Waals surface area contributed by atoms with E-state index < -0.39 is 72.3 Å². The van der Waals surface area contributed by atoms with Crippen molar-refractivity contribution in [1.82, 2.24) is 0 Å². The first-order chi connectivity index (χ1) is 28.8. The molecule has 0 heterocycles. The maximum atomic E-state index is 12.7. The molecule has 60 heavy (non-hydrogen) atoms. The Labute approximate surface area is 360 Å². The van der Waals surface area contributed by atoms with E-state index in [2.05, 4.69) is 59.4 Å². The number of esters is 2. The number of phosphoric acid groups is 2. The number of hydrogen-bond donors (Lipinski definition) is 5. The Morgan fingerprint density at radius 1 is 0.567 bits per heavy atom. The molecule has 0 saturated carbocycles. The lowest BCUT2D eigenvalue weighted by molar-refractivity contribution is -0.161. The molecule has 0 aliphatic heterocycles. The molecule has 0 radical (unpaired) electrons. The van der Waals surface area contributed by atoms with Gasteiger partial charge in [-0.15, -0.1) is 0 Å². The molecule has 0 aromatic heterocycles. The van der Waals surface area contributed by atoms with E-state index in [0.29, 0.717) is 19.3 Å². The molecule has 0 bridgehead atoms. The summed E-state index contributed by atoms with van der Waals surface area (Å²) in [6.07, 6.45) is 38.0. The van der Waals surface area contributed by atoms with Crippen molar-refractivity contribution in [3.05, 3.63) is 60.8 Å². The highest BCUT2D eigenvalue weighted by atomic mass is 31.2. The normalized spacial score (nSPS) is 15.1.